The molecule has 0 heterocycles. The number of carbonyl (C=O) groups is 4. The molecule has 0 aliphatic rings. The Morgan fingerprint density at radius 2 is 1.53 bits per heavy atom. The summed E-state index contributed by atoms with van der Waals surface area (Å²) in [5.41, 5.74) is 0.696. The SMILES string of the molecule is O=C(O)/C=C/C(=O)Nc1ccccc1CNC(=O)/C(=C/c1ccccc1[N+](=O)[O-])NC(=O)c1ccccc1. The van der Waals surface area contributed by atoms with Crippen molar-refractivity contribution in [3.63, 3.8) is 0 Å². The highest BCUT2D eigenvalue weighted by molar-refractivity contribution is 6.06. The summed E-state index contributed by atoms with van der Waals surface area (Å²) in [5.74, 6) is -3.29. The summed E-state index contributed by atoms with van der Waals surface area (Å²) in [6.07, 6.45) is 2.75. The third-order valence-electron chi connectivity index (χ3n) is 5.05. The molecule has 38 heavy (non-hydrogen) atoms. The number of carboxylic acids is 1. The Hall–Kier alpha value is -5.58. The quantitative estimate of drug-likeness (QED) is 0.183. The lowest BCUT2D eigenvalue weighted by molar-refractivity contribution is -0.385. The Balaban J connectivity index is 1.85. The molecule has 192 valence electrons. The third-order valence-corrected chi connectivity index (χ3v) is 5.05. The van der Waals surface area contributed by atoms with E-state index in [9.17, 15) is 29.3 Å². The van der Waals surface area contributed by atoms with Gasteiger partial charge in [-0.15, -0.1) is 0 Å². The van der Waals surface area contributed by atoms with Crippen LogP contribution in [0.4, 0.5) is 11.4 Å². The van der Waals surface area contributed by atoms with Crippen LogP contribution in [-0.2, 0) is 20.9 Å². The van der Waals surface area contributed by atoms with E-state index in [1.807, 2.05) is 0 Å². The van der Waals surface area contributed by atoms with E-state index in [4.69, 9.17) is 5.11 Å². The van der Waals surface area contributed by atoms with Crippen molar-refractivity contribution in [2.24, 2.45) is 0 Å². The Kier molecular flexibility index (Phi) is 9.19. The first-order valence-electron chi connectivity index (χ1n) is 11.1. The second kappa shape index (κ2) is 12.9. The minimum Gasteiger partial charge on any atom is -0.478 e. The normalized spacial score (nSPS) is 11.0. The number of carboxylic acid groups (broad SMARTS) is 1. The smallest absolute Gasteiger partial charge is 0.328 e. The van der Waals surface area contributed by atoms with E-state index in [1.165, 1.54) is 24.3 Å². The van der Waals surface area contributed by atoms with E-state index in [1.54, 1.807) is 60.7 Å². The number of nitrogens with zero attached hydrogens (tertiary/aromatic N) is 1. The molecular formula is C27H22N4O7. The lowest BCUT2D eigenvalue weighted by Gasteiger charge is -2.14. The lowest BCUT2D eigenvalue weighted by Crippen LogP contribution is -2.34. The van der Waals surface area contributed by atoms with Gasteiger partial charge in [-0.1, -0.05) is 48.5 Å². The maximum atomic E-state index is 13.2. The fraction of sp³-hybridized carbons (Fsp3) is 0.0370. The summed E-state index contributed by atoms with van der Waals surface area (Å²) < 4.78 is 0. The van der Waals surface area contributed by atoms with Crippen LogP contribution < -0.4 is 16.0 Å². The summed E-state index contributed by atoms with van der Waals surface area (Å²) in [7, 11) is 0. The number of amides is 3. The molecule has 0 bridgehead atoms. The van der Waals surface area contributed by atoms with E-state index in [0.717, 1.165) is 6.08 Å². The lowest BCUT2D eigenvalue weighted by atomic mass is 10.1. The van der Waals surface area contributed by atoms with Gasteiger partial charge in [0.2, 0.25) is 5.91 Å². The molecule has 0 aromatic heterocycles. The second-order valence-electron chi connectivity index (χ2n) is 7.69. The van der Waals surface area contributed by atoms with Gasteiger partial charge >= 0.3 is 5.97 Å². The van der Waals surface area contributed by atoms with Gasteiger partial charge in [0.25, 0.3) is 17.5 Å². The topological polar surface area (TPSA) is 168 Å². The van der Waals surface area contributed by atoms with Crippen molar-refractivity contribution in [2.75, 3.05) is 5.32 Å². The van der Waals surface area contributed by atoms with Gasteiger partial charge in [0, 0.05) is 36.0 Å². The average molecular weight is 514 g/mol. The van der Waals surface area contributed by atoms with Gasteiger partial charge in [-0.25, -0.2) is 4.79 Å². The molecule has 0 saturated carbocycles. The molecule has 3 amide bonds. The zero-order valence-electron chi connectivity index (χ0n) is 19.8. The highest BCUT2D eigenvalue weighted by atomic mass is 16.6. The molecule has 4 N–H and O–H groups in total. The van der Waals surface area contributed by atoms with E-state index in [2.05, 4.69) is 16.0 Å². The molecule has 0 unspecified atom stereocenters. The molecular weight excluding hydrogens is 492 g/mol. The van der Waals surface area contributed by atoms with Gasteiger partial charge in [-0.05, 0) is 35.9 Å². The van der Waals surface area contributed by atoms with Crippen LogP contribution in [0.5, 0.6) is 0 Å². The highest BCUT2D eigenvalue weighted by Gasteiger charge is 2.18. The number of para-hydroxylation sites is 2. The Bertz CT molecular complexity index is 1430. The number of anilines is 1. The minimum absolute atomic E-state index is 0.0899. The van der Waals surface area contributed by atoms with Crippen LogP contribution in [-0.4, -0.2) is 33.7 Å². The monoisotopic (exact) mass is 514 g/mol. The number of carbonyl (C=O) groups excluding carboxylic acids is 3. The fourth-order valence-electron chi connectivity index (χ4n) is 3.26. The average Bonchev–Trinajstić information content (AvgIpc) is 2.91. The van der Waals surface area contributed by atoms with E-state index < -0.39 is 28.6 Å². The number of hydrogen-bond acceptors (Lipinski definition) is 6. The number of nitro benzene ring substituents is 1. The number of nitrogens with one attached hydrogen (secondary N) is 3. The van der Waals surface area contributed by atoms with Crippen LogP contribution in [0.3, 0.4) is 0 Å². The highest BCUT2D eigenvalue weighted by Crippen LogP contribution is 2.21. The molecule has 11 nitrogen and oxygen atoms in total. The predicted octanol–water partition coefficient (Wildman–Crippen LogP) is 3.26. The molecule has 0 aliphatic carbocycles. The number of aliphatic carboxylic acids is 1. The van der Waals surface area contributed by atoms with Crippen LogP contribution in [0.25, 0.3) is 6.08 Å². The first kappa shape index (κ1) is 27.0. The largest absolute Gasteiger partial charge is 0.478 e. The van der Waals surface area contributed by atoms with E-state index in [0.29, 0.717) is 17.3 Å². The van der Waals surface area contributed by atoms with Crippen molar-refractivity contribution in [1.29, 1.82) is 0 Å². The van der Waals surface area contributed by atoms with Crippen molar-refractivity contribution in [3.8, 4) is 0 Å². The van der Waals surface area contributed by atoms with Crippen molar-refractivity contribution in [2.45, 2.75) is 6.54 Å². The molecule has 0 spiro atoms. The molecule has 3 aromatic rings. The Morgan fingerprint density at radius 3 is 2.24 bits per heavy atom. The van der Waals surface area contributed by atoms with E-state index >= 15 is 0 Å². The summed E-state index contributed by atoms with van der Waals surface area (Å²) in [5, 5.41) is 27.8. The molecule has 0 saturated heterocycles. The molecule has 0 radical (unpaired) electrons. The molecule has 11 heteroatoms. The van der Waals surface area contributed by atoms with Crippen molar-refractivity contribution in [1.82, 2.24) is 10.6 Å². The summed E-state index contributed by atoms with van der Waals surface area (Å²) in [6.45, 7) is -0.0899. The fourth-order valence-corrected chi connectivity index (χ4v) is 3.26. The van der Waals surface area contributed by atoms with Gasteiger partial charge in [-0.2, -0.15) is 0 Å². The number of benzene rings is 3. The maximum absolute atomic E-state index is 13.2. The molecule has 3 rings (SSSR count). The third kappa shape index (κ3) is 7.71. The molecule has 0 fully saturated rings. The Morgan fingerprint density at radius 1 is 0.868 bits per heavy atom. The van der Waals surface area contributed by atoms with Gasteiger partial charge in [0.1, 0.15) is 5.70 Å². The van der Waals surface area contributed by atoms with Crippen LogP contribution in [0, 0.1) is 10.1 Å². The maximum Gasteiger partial charge on any atom is 0.328 e. The van der Waals surface area contributed by atoms with Crippen LogP contribution in [0.2, 0.25) is 0 Å². The van der Waals surface area contributed by atoms with Gasteiger partial charge < -0.3 is 21.1 Å². The summed E-state index contributed by atoms with van der Waals surface area (Å²) in [6, 6.07) is 20.4. The standard InChI is InChI=1S/C27H22N4O7/c32-24(14-15-25(33)34)29-21-12-6-4-11-20(21)17-28-27(36)22(30-26(35)18-8-2-1-3-9-18)16-19-10-5-7-13-23(19)31(37)38/h1-16H,17H2,(H,28,36)(H,29,32)(H,30,35)(H,33,34)/b15-14+,22-16-. The molecule has 3 aromatic carbocycles. The summed E-state index contributed by atoms with van der Waals surface area (Å²) in [4.78, 5) is 59.4. The molecule has 0 atom stereocenters. The first-order valence-corrected chi connectivity index (χ1v) is 11.1. The predicted molar refractivity (Wildman–Crippen MR) is 139 cm³/mol. The van der Waals surface area contributed by atoms with Crippen LogP contribution in [0.15, 0.2) is 96.7 Å². The van der Waals surface area contributed by atoms with Gasteiger partial charge in [0.05, 0.1) is 10.5 Å². The zero-order valence-corrected chi connectivity index (χ0v) is 19.8. The number of nitro groups is 1. The zero-order chi connectivity index (χ0) is 27.5. The number of rotatable bonds is 10. The number of hydrogen-bond donors (Lipinski definition) is 4. The van der Waals surface area contributed by atoms with Gasteiger partial charge in [0.15, 0.2) is 0 Å². The minimum atomic E-state index is -1.28. The van der Waals surface area contributed by atoms with E-state index in [-0.39, 0.29) is 29.1 Å². The van der Waals surface area contributed by atoms with Crippen molar-refractivity contribution >= 4 is 41.1 Å². The first-order chi connectivity index (χ1) is 18.2. The summed E-state index contributed by atoms with van der Waals surface area (Å²) >= 11 is 0. The van der Waals surface area contributed by atoms with Crippen LogP contribution in [0.1, 0.15) is 21.5 Å². The second-order valence-corrected chi connectivity index (χ2v) is 7.69. The van der Waals surface area contributed by atoms with Crippen molar-refractivity contribution < 1.29 is 29.2 Å². The molecule has 0 aliphatic heterocycles. The van der Waals surface area contributed by atoms with Gasteiger partial charge in [-0.3, -0.25) is 24.5 Å². The Labute approximate surface area is 216 Å². The van der Waals surface area contributed by atoms with Crippen LogP contribution >= 0.6 is 0 Å². The van der Waals surface area contributed by atoms with Crippen molar-refractivity contribution in [3.05, 3.63) is 124 Å².